The highest BCUT2D eigenvalue weighted by Crippen LogP contribution is 2.40. The number of fused-ring (bicyclic) bond motifs is 1. The number of ether oxygens (including phenoxy) is 1. The Labute approximate surface area is 162 Å². The smallest absolute Gasteiger partial charge is 0.313 e. The third-order valence-electron chi connectivity index (χ3n) is 5.81. The predicted molar refractivity (Wildman–Crippen MR) is 110 cm³/mol. The van der Waals surface area contributed by atoms with E-state index in [1.807, 2.05) is 18.2 Å². The topological polar surface area (TPSA) is 35.5 Å². The van der Waals surface area contributed by atoms with Gasteiger partial charge in [0.15, 0.2) is 0 Å². The van der Waals surface area contributed by atoms with Gasteiger partial charge in [-0.25, -0.2) is 0 Å². The number of cyclic esters (lactones) is 1. The van der Waals surface area contributed by atoms with E-state index < -0.39 is 8.32 Å². The molecule has 4 rings (SSSR count). The molecule has 1 fully saturated rings. The minimum Gasteiger partial charge on any atom is -0.459 e. The number of hydrogen-bond donors (Lipinski definition) is 0. The van der Waals surface area contributed by atoms with E-state index in [9.17, 15) is 4.79 Å². The van der Waals surface area contributed by atoms with Gasteiger partial charge in [0.2, 0.25) is 0 Å². The van der Waals surface area contributed by atoms with E-state index in [0.29, 0.717) is 6.61 Å². The largest absolute Gasteiger partial charge is 0.459 e. The summed E-state index contributed by atoms with van der Waals surface area (Å²) < 4.78 is 12.5. The van der Waals surface area contributed by atoms with E-state index in [1.54, 1.807) is 0 Å². The zero-order valence-electron chi connectivity index (χ0n) is 16.1. The molecule has 0 unspecified atom stereocenters. The molecule has 0 N–H and O–H groups in total. The summed E-state index contributed by atoms with van der Waals surface area (Å²) >= 11 is 0. The first-order valence-corrected chi connectivity index (χ1v) is 11.5. The predicted octanol–water partition coefficient (Wildman–Crippen LogP) is 3.29. The first kappa shape index (κ1) is 18.2. The van der Waals surface area contributed by atoms with Crippen LogP contribution in [0, 0.1) is 11.8 Å². The minimum atomic E-state index is -2.58. The Morgan fingerprint density at radius 3 is 1.89 bits per heavy atom. The lowest BCUT2D eigenvalue weighted by molar-refractivity contribution is -0.144. The third-order valence-corrected chi connectivity index (χ3v) is 10.8. The monoisotopic (exact) mass is 378 g/mol. The van der Waals surface area contributed by atoms with Crippen LogP contribution < -0.4 is 10.4 Å². The Morgan fingerprint density at radius 1 is 0.926 bits per heavy atom. The van der Waals surface area contributed by atoms with Crippen molar-refractivity contribution in [1.29, 1.82) is 0 Å². The van der Waals surface area contributed by atoms with Crippen LogP contribution >= 0.6 is 0 Å². The quantitative estimate of drug-likeness (QED) is 0.455. The van der Waals surface area contributed by atoms with Crippen LogP contribution in [0.5, 0.6) is 0 Å². The Bertz CT molecular complexity index is 799. The molecule has 0 spiro atoms. The molecule has 27 heavy (non-hydrogen) atoms. The van der Waals surface area contributed by atoms with Crippen LogP contribution in [-0.4, -0.2) is 27.0 Å². The average Bonchev–Trinajstić information content (AvgIpc) is 2.83. The van der Waals surface area contributed by atoms with Crippen molar-refractivity contribution >= 4 is 24.7 Å². The molecule has 0 bridgehead atoms. The molecule has 2 aromatic rings. The number of carbonyl (C=O) groups is 1. The fourth-order valence-electron chi connectivity index (χ4n) is 4.36. The molecule has 3 nitrogen and oxygen atoms in total. The van der Waals surface area contributed by atoms with Crippen molar-refractivity contribution < 1.29 is 14.0 Å². The lowest BCUT2D eigenvalue weighted by atomic mass is 9.81. The van der Waals surface area contributed by atoms with Crippen LogP contribution in [0.4, 0.5) is 0 Å². The van der Waals surface area contributed by atoms with E-state index in [0.717, 1.165) is 0 Å². The second-order valence-corrected chi connectivity index (χ2v) is 12.7. The van der Waals surface area contributed by atoms with E-state index >= 15 is 0 Å². The average molecular weight is 379 g/mol. The second kappa shape index (κ2) is 6.77. The molecule has 0 saturated carbocycles. The van der Waals surface area contributed by atoms with Gasteiger partial charge in [0.05, 0.1) is 12.5 Å². The first-order valence-electron chi connectivity index (χ1n) is 9.57. The highest BCUT2D eigenvalue weighted by molar-refractivity contribution is 6.99. The highest BCUT2D eigenvalue weighted by Gasteiger charge is 2.52. The molecule has 1 heterocycles. The van der Waals surface area contributed by atoms with Gasteiger partial charge in [-0.3, -0.25) is 4.79 Å². The van der Waals surface area contributed by atoms with Gasteiger partial charge in [-0.05, 0) is 15.4 Å². The van der Waals surface area contributed by atoms with E-state index in [1.165, 1.54) is 10.4 Å². The maximum Gasteiger partial charge on any atom is 0.313 e. The SMILES string of the molecule is CC(C)(C)[Si](OC[C@H]1OC(=O)[C@H]2C=C[C@H]21)(c1ccccc1)c1ccccc1. The number of rotatable bonds is 5. The van der Waals surface area contributed by atoms with E-state index in [-0.39, 0.29) is 28.9 Å². The van der Waals surface area contributed by atoms with Gasteiger partial charge in [0.1, 0.15) is 6.10 Å². The van der Waals surface area contributed by atoms with Crippen molar-refractivity contribution in [2.75, 3.05) is 6.61 Å². The van der Waals surface area contributed by atoms with E-state index in [4.69, 9.17) is 9.16 Å². The minimum absolute atomic E-state index is 0.0715. The van der Waals surface area contributed by atoms with Gasteiger partial charge in [-0.15, -0.1) is 0 Å². The molecule has 1 aliphatic carbocycles. The number of carbonyl (C=O) groups excluding carboxylic acids is 1. The zero-order chi connectivity index (χ0) is 19.1. The molecule has 0 radical (unpaired) electrons. The molecule has 1 aliphatic heterocycles. The number of hydrogen-bond acceptors (Lipinski definition) is 3. The molecule has 1 saturated heterocycles. The van der Waals surface area contributed by atoms with Crippen LogP contribution in [0.1, 0.15) is 20.8 Å². The van der Waals surface area contributed by atoms with Gasteiger partial charge in [-0.1, -0.05) is 93.6 Å². The summed E-state index contributed by atoms with van der Waals surface area (Å²) in [4.78, 5) is 12.0. The van der Waals surface area contributed by atoms with Crippen molar-refractivity contribution in [2.24, 2.45) is 11.8 Å². The molecule has 2 aliphatic rings. The summed E-state index contributed by atoms with van der Waals surface area (Å²) in [6.07, 6.45) is 3.83. The summed E-state index contributed by atoms with van der Waals surface area (Å²) in [5, 5.41) is 2.41. The summed E-state index contributed by atoms with van der Waals surface area (Å²) in [5.41, 5.74) is 0. The first-order chi connectivity index (χ1) is 12.9. The van der Waals surface area contributed by atoms with Crippen LogP contribution in [0.3, 0.4) is 0 Å². The fourth-order valence-corrected chi connectivity index (χ4v) is 8.93. The molecule has 140 valence electrons. The maximum atomic E-state index is 12.0. The van der Waals surface area contributed by atoms with Crippen LogP contribution in [0.25, 0.3) is 0 Å². The van der Waals surface area contributed by atoms with Crippen molar-refractivity contribution in [3.8, 4) is 0 Å². The zero-order valence-corrected chi connectivity index (χ0v) is 17.1. The standard InChI is InChI=1S/C23H26O3Si/c1-23(2,3)27(17-10-6-4-7-11-17,18-12-8-5-9-13-18)25-16-21-19-14-15-20(19)22(24)26-21/h4-15,19-21H,16H2,1-3H3/t19-,20+,21-/m1/s1. The molecule has 2 aromatic carbocycles. The number of benzene rings is 2. The van der Waals surface area contributed by atoms with Crippen molar-refractivity contribution in [3.63, 3.8) is 0 Å². The van der Waals surface area contributed by atoms with Crippen molar-refractivity contribution in [3.05, 3.63) is 72.8 Å². The normalized spacial score (nSPS) is 24.3. The molecule has 0 aromatic heterocycles. The van der Waals surface area contributed by atoms with Gasteiger partial charge >= 0.3 is 5.97 Å². The Morgan fingerprint density at radius 2 is 1.48 bits per heavy atom. The lowest BCUT2D eigenvalue weighted by Crippen LogP contribution is -2.67. The summed E-state index contributed by atoms with van der Waals surface area (Å²) in [6, 6.07) is 21.1. The summed E-state index contributed by atoms with van der Waals surface area (Å²) in [5.74, 6) is -0.0213. The Balaban J connectivity index is 1.74. The number of esters is 1. The Hall–Kier alpha value is -2.17. The van der Waals surface area contributed by atoms with Gasteiger partial charge < -0.3 is 9.16 Å². The third kappa shape index (κ3) is 2.97. The van der Waals surface area contributed by atoms with Crippen LogP contribution in [0.15, 0.2) is 72.8 Å². The molecule has 3 atom stereocenters. The summed E-state index contributed by atoms with van der Waals surface area (Å²) in [6.45, 7) is 7.20. The second-order valence-electron chi connectivity index (χ2n) is 8.44. The van der Waals surface area contributed by atoms with Crippen molar-refractivity contribution in [1.82, 2.24) is 0 Å². The van der Waals surface area contributed by atoms with E-state index in [2.05, 4.69) is 75.4 Å². The fraction of sp³-hybridized carbons (Fsp3) is 0.348. The Kier molecular flexibility index (Phi) is 4.56. The van der Waals surface area contributed by atoms with Gasteiger partial charge in [-0.2, -0.15) is 0 Å². The molecule has 0 amide bonds. The molecular formula is C23H26O3Si. The van der Waals surface area contributed by atoms with Crippen LogP contribution in [0.2, 0.25) is 5.04 Å². The highest BCUT2D eigenvalue weighted by atomic mass is 28.4. The van der Waals surface area contributed by atoms with Gasteiger partial charge in [0, 0.05) is 5.92 Å². The van der Waals surface area contributed by atoms with Gasteiger partial charge in [0.25, 0.3) is 8.32 Å². The molecule has 4 heteroatoms. The lowest BCUT2D eigenvalue weighted by Gasteiger charge is -2.43. The maximum absolute atomic E-state index is 12.0. The summed E-state index contributed by atoms with van der Waals surface area (Å²) in [7, 11) is -2.58. The van der Waals surface area contributed by atoms with Crippen LogP contribution in [-0.2, 0) is 14.0 Å². The van der Waals surface area contributed by atoms with Crippen molar-refractivity contribution in [2.45, 2.75) is 31.9 Å². The molecular weight excluding hydrogens is 352 g/mol.